The lowest BCUT2D eigenvalue weighted by Gasteiger charge is -2.29. The summed E-state index contributed by atoms with van der Waals surface area (Å²) in [6.07, 6.45) is 2.63. The molecule has 0 radical (unpaired) electrons. The van der Waals surface area contributed by atoms with Gasteiger partial charge in [-0.2, -0.15) is 0 Å². The van der Waals surface area contributed by atoms with E-state index in [9.17, 15) is 0 Å². The van der Waals surface area contributed by atoms with Crippen molar-refractivity contribution in [1.82, 2.24) is 4.90 Å². The largest absolute Gasteiger partial charge is 0.409 e. The number of nitrogens with zero attached hydrogens (tertiary/aromatic N) is 2. The molecule has 5 nitrogen and oxygen atoms in total. The zero-order valence-electron chi connectivity index (χ0n) is 9.69. The summed E-state index contributed by atoms with van der Waals surface area (Å²) in [6.45, 7) is 5.77. The number of amidine groups is 1. The van der Waals surface area contributed by atoms with Crippen molar-refractivity contribution in [2.24, 2.45) is 10.9 Å². The molecule has 5 heteroatoms. The second-order valence-corrected chi connectivity index (χ2v) is 3.57. The highest BCUT2D eigenvalue weighted by atomic mass is 16.4. The Morgan fingerprint density at radius 1 is 1.33 bits per heavy atom. The lowest BCUT2D eigenvalue weighted by molar-refractivity contribution is 0.146. The smallest absolute Gasteiger partial charge is 0.140 e. The van der Waals surface area contributed by atoms with Gasteiger partial charge in [-0.15, -0.1) is 0 Å². The molecule has 0 aliphatic carbocycles. The summed E-state index contributed by atoms with van der Waals surface area (Å²) < 4.78 is 0. The number of hydrogen-bond donors (Lipinski definition) is 3. The molecule has 0 saturated carbocycles. The van der Waals surface area contributed by atoms with Gasteiger partial charge in [0, 0.05) is 25.6 Å². The van der Waals surface area contributed by atoms with Gasteiger partial charge < -0.3 is 16.0 Å². The Morgan fingerprint density at radius 3 is 2.33 bits per heavy atom. The van der Waals surface area contributed by atoms with Crippen molar-refractivity contribution in [3.8, 4) is 0 Å². The van der Waals surface area contributed by atoms with Gasteiger partial charge in [-0.3, -0.25) is 4.90 Å². The number of rotatable bonds is 8. The monoisotopic (exact) mass is 217 g/mol. The molecule has 0 aliphatic rings. The Hall–Kier alpha value is -0.810. The van der Waals surface area contributed by atoms with Crippen LogP contribution in [0.1, 0.15) is 33.1 Å². The van der Waals surface area contributed by atoms with E-state index in [1.165, 1.54) is 0 Å². The summed E-state index contributed by atoms with van der Waals surface area (Å²) in [5.74, 6) is 0.240. The van der Waals surface area contributed by atoms with Crippen molar-refractivity contribution in [2.75, 3.05) is 19.7 Å². The number of aliphatic hydroxyl groups excluding tert-OH is 1. The van der Waals surface area contributed by atoms with E-state index < -0.39 is 0 Å². The van der Waals surface area contributed by atoms with Crippen LogP contribution in [0.3, 0.4) is 0 Å². The fourth-order valence-corrected chi connectivity index (χ4v) is 1.72. The highest BCUT2D eigenvalue weighted by molar-refractivity contribution is 5.79. The van der Waals surface area contributed by atoms with Gasteiger partial charge in [0.05, 0.1) is 6.61 Å². The van der Waals surface area contributed by atoms with Crippen molar-refractivity contribution in [3.05, 3.63) is 0 Å². The van der Waals surface area contributed by atoms with Gasteiger partial charge in [0.1, 0.15) is 5.84 Å². The van der Waals surface area contributed by atoms with Crippen LogP contribution >= 0.6 is 0 Å². The summed E-state index contributed by atoms with van der Waals surface area (Å²) in [7, 11) is 0. The van der Waals surface area contributed by atoms with E-state index in [1.54, 1.807) is 0 Å². The quantitative estimate of drug-likeness (QED) is 0.241. The fourth-order valence-electron chi connectivity index (χ4n) is 1.72. The summed E-state index contributed by atoms with van der Waals surface area (Å²) in [5.41, 5.74) is 5.41. The van der Waals surface area contributed by atoms with Crippen LogP contribution in [0.2, 0.25) is 0 Å². The Labute approximate surface area is 91.6 Å². The first-order chi connectivity index (χ1) is 7.19. The molecule has 0 bridgehead atoms. The molecule has 0 amide bonds. The summed E-state index contributed by atoms with van der Waals surface area (Å²) >= 11 is 0. The Morgan fingerprint density at radius 2 is 1.93 bits per heavy atom. The summed E-state index contributed by atoms with van der Waals surface area (Å²) in [5, 5.41) is 20.3. The molecule has 15 heavy (non-hydrogen) atoms. The van der Waals surface area contributed by atoms with Crippen LogP contribution in [0.5, 0.6) is 0 Å². The van der Waals surface area contributed by atoms with Crippen LogP contribution in [0.15, 0.2) is 5.16 Å². The Kier molecular flexibility index (Phi) is 8.04. The lowest BCUT2D eigenvalue weighted by Crippen LogP contribution is -2.38. The molecule has 90 valence electrons. The third kappa shape index (κ3) is 5.59. The van der Waals surface area contributed by atoms with Crippen LogP contribution in [0, 0.1) is 0 Å². The number of nitrogens with two attached hydrogens (primary N) is 1. The molecule has 0 saturated heterocycles. The van der Waals surface area contributed by atoms with Crippen molar-refractivity contribution in [3.63, 3.8) is 0 Å². The minimum atomic E-state index is 0.146. The highest BCUT2D eigenvalue weighted by Crippen LogP contribution is 2.08. The SMILES string of the molecule is CCC(CC)N(CCO)CCC(N)=NO. The molecule has 0 rings (SSSR count). The van der Waals surface area contributed by atoms with Crippen molar-refractivity contribution in [1.29, 1.82) is 0 Å². The Balaban J connectivity index is 4.13. The van der Waals surface area contributed by atoms with E-state index in [-0.39, 0.29) is 12.4 Å². The molecule has 0 unspecified atom stereocenters. The number of oxime groups is 1. The molecule has 0 aliphatic heterocycles. The molecule has 0 spiro atoms. The van der Waals surface area contributed by atoms with Gasteiger partial charge in [-0.25, -0.2) is 0 Å². The number of hydrogen-bond acceptors (Lipinski definition) is 4. The van der Waals surface area contributed by atoms with Crippen LogP contribution in [0.4, 0.5) is 0 Å². The normalized spacial score (nSPS) is 12.7. The molecule has 0 heterocycles. The zero-order valence-corrected chi connectivity index (χ0v) is 9.69. The topological polar surface area (TPSA) is 82.1 Å². The van der Waals surface area contributed by atoms with Crippen LogP contribution in [-0.4, -0.2) is 46.8 Å². The van der Waals surface area contributed by atoms with Crippen molar-refractivity contribution in [2.45, 2.75) is 39.2 Å². The molecule has 0 atom stereocenters. The van der Waals surface area contributed by atoms with Gasteiger partial charge in [0.25, 0.3) is 0 Å². The molecular weight excluding hydrogens is 194 g/mol. The average Bonchev–Trinajstić information content (AvgIpc) is 2.26. The van der Waals surface area contributed by atoms with E-state index in [0.717, 1.165) is 19.4 Å². The van der Waals surface area contributed by atoms with Gasteiger partial charge in [0.2, 0.25) is 0 Å². The second kappa shape index (κ2) is 8.49. The predicted octanol–water partition coefficient (Wildman–Crippen LogP) is 0.606. The second-order valence-electron chi connectivity index (χ2n) is 3.57. The van der Waals surface area contributed by atoms with E-state index in [4.69, 9.17) is 16.0 Å². The first kappa shape index (κ1) is 14.2. The van der Waals surface area contributed by atoms with E-state index in [2.05, 4.69) is 23.9 Å². The first-order valence-corrected chi connectivity index (χ1v) is 5.50. The molecular formula is C10H23N3O2. The lowest BCUT2D eigenvalue weighted by atomic mass is 10.1. The van der Waals surface area contributed by atoms with E-state index in [1.807, 2.05) is 0 Å². The first-order valence-electron chi connectivity index (χ1n) is 5.50. The fraction of sp³-hybridized carbons (Fsp3) is 0.900. The van der Waals surface area contributed by atoms with E-state index >= 15 is 0 Å². The predicted molar refractivity (Wildman–Crippen MR) is 61.1 cm³/mol. The summed E-state index contributed by atoms with van der Waals surface area (Å²) in [4.78, 5) is 2.18. The summed E-state index contributed by atoms with van der Waals surface area (Å²) in [6, 6.07) is 0.462. The van der Waals surface area contributed by atoms with Gasteiger partial charge in [-0.05, 0) is 12.8 Å². The molecule has 0 fully saturated rings. The van der Waals surface area contributed by atoms with Gasteiger partial charge >= 0.3 is 0 Å². The maximum atomic E-state index is 8.95. The molecule has 0 aromatic heterocycles. The number of aliphatic hydroxyl groups is 1. The third-order valence-electron chi connectivity index (χ3n) is 2.63. The highest BCUT2D eigenvalue weighted by Gasteiger charge is 2.14. The van der Waals surface area contributed by atoms with Gasteiger partial charge in [-0.1, -0.05) is 19.0 Å². The molecule has 0 aromatic carbocycles. The van der Waals surface area contributed by atoms with Crippen LogP contribution < -0.4 is 5.73 Å². The van der Waals surface area contributed by atoms with E-state index in [0.29, 0.717) is 19.0 Å². The van der Waals surface area contributed by atoms with Crippen LogP contribution in [0.25, 0.3) is 0 Å². The molecule has 0 aromatic rings. The van der Waals surface area contributed by atoms with Crippen LogP contribution in [-0.2, 0) is 0 Å². The third-order valence-corrected chi connectivity index (χ3v) is 2.63. The molecule has 4 N–H and O–H groups in total. The average molecular weight is 217 g/mol. The Bertz CT molecular complexity index is 182. The zero-order chi connectivity index (χ0) is 11.7. The standard InChI is InChI=1S/C10H23N3O2/c1-3-9(4-2)13(7-8-14)6-5-10(11)12-15/h9,14-15H,3-8H2,1-2H3,(H2,11,12). The minimum absolute atomic E-state index is 0.146. The maximum Gasteiger partial charge on any atom is 0.140 e. The van der Waals surface area contributed by atoms with Gasteiger partial charge in [0.15, 0.2) is 0 Å². The maximum absolute atomic E-state index is 8.95. The van der Waals surface area contributed by atoms with Crippen molar-refractivity contribution >= 4 is 5.84 Å². The van der Waals surface area contributed by atoms with Crippen molar-refractivity contribution < 1.29 is 10.3 Å². The minimum Gasteiger partial charge on any atom is -0.409 e.